The molecule has 0 fully saturated rings. The van der Waals surface area contributed by atoms with E-state index in [0.717, 1.165) is 17.7 Å². The maximum absolute atomic E-state index is 12.2. The average Bonchev–Trinajstić information content (AvgIpc) is 2.15. The molecular formula is C14H21NO. The van der Waals surface area contributed by atoms with Crippen molar-refractivity contribution in [3.8, 4) is 0 Å². The normalized spacial score (nSPS) is 11.3. The molecule has 0 bridgehead atoms. The van der Waals surface area contributed by atoms with Gasteiger partial charge in [0.1, 0.15) is 0 Å². The van der Waals surface area contributed by atoms with Gasteiger partial charge in [0.2, 0.25) is 0 Å². The largest absolute Gasteiger partial charge is 0.341 e. The van der Waals surface area contributed by atoms with Gasteiger partial charge in [-0.2, -0.15) is 0 Å². The van der Waals surface area contributed by atoms with Crippen LogP contribution in [0.1, 0.15) is 36.7 Å². The number of nitrogens with zero attached hydrogens (tertiary/aromatic N) is 1. The third-order valence-electron chi connectivity index (χ3n) is 2.43. The molecule has 0 radical (unpaired) electrons. The molecule has 2 nitrogen and oxygen atoms in total. The van der Waals surface area contributed by atoms with Crippen LogP contribution in [0.4, 0.5) is 0 Å². The first-order chi connectivity index (χ1) is 7.31. The van der Waals surface area contributed by atoms with Gasteiger partial charge in [-0.15, -0.1) is 0 Å². The molecule has 0 spiro atoms. The molecule has 0 heterocycles. The van der Waals surface area contributed by atoms with Gasteiger partial charge < -0.3 is 4.90 Å². The minimum Gasteiger partial charge on any atom is -0.341 e. The van der Waals surface area contributed by atoms with E-state index < -0.39 is 0 Å². The van der Waals surface area contributed by atoms with E-state index in [-0.39, 0.29) is 11.3 Å². The molecule has 16 heavy (non-hydrogen) atoms. The average molecular weight is 219 g/mol. The first-order valence-electron chi connectivity index (χ1n) is 5.62. The molecule has 0 N–H and O–H groups in total. The van der Waals surface area contributed by atoms with Crippen LogP contribution in [-0.4, -0.2) is 24.4 Å². The maximum Gasteiger partial charge on any atom is 0.253 e. The topological polar surface area (TPSA) is 20.3 Å². The van der Waals surface area contributed by atoms with Gasteiger partial charge in [0.25, 0.3) is 5.91 Å². The Morgan fingerprint density at radius 2 is 1.81 bits per heavy atom. The van der Waals surface area contributed by atoms with Gasteiger partial charge in [-0.05, 0) is 24.0 Å². The Kier molecular flexibility index (Phi) is 3.74. The molecular weight excluding hydrogens is 198 g/mol. The molecule has 1 amide bonds. The summed E-state index contributed by atoms with van der Waals surface area (Å²) in [5, 5.41) is 0. The molecule has 0 atom stereocenters. The van der Waals surface area contributed by atoms with E-state index in [9.17, 15) is 4.79 Å². The second kappa shape index (κ2) is 4.69. The number of rotatable bonds is 2. The Balaban J connectivity index is 2.83. The maximum atomic E-state index is 12.2. The minimum atomic E-state index is 0.105. The van der Waals surface area contributed by atoms with Crippen molar-refractivity contribution in [2.24, 2.45) is 5.41 Å². The van der Waals surface area contributed by atoms with E-state index in [0.29, 0.717) is 0 Å². The zero-order valence-corrected chi connectivity index (χ0v) is 10.9. The number of benzene rings is 1. The summed E-state index contributed by atoms with van der Waals surface area (Å²) in [6, 6.07) is 7.72. The number of aryl methyl sites for hydroxylation is 1. The molecule has 0 aliphatic carbocycles. The molecule has 0 aromatic heterocycles. The molecule has 2 heteroatoms. The Morgan fingerprint density at radius 3 is 2.31 bits per heavy atom. The number of carbonyl (C=O) groups excluding carboxylic acids is 1. The van der Waals surface area contributed by atoms with Crippen LogP contribution in [0.3, 0.4) is 0 Å². The summed E-state index contributed by atoms with van der Waals surface area (Å²) >= 11 is 0. The van der Waals surface area contributed by atoms with Gasteiger partial charge in [0.05, 0.1) is 0 Å². The summed E-state index contributed by atoms with van der Waals surface area (Å²) in [6.45, 7) is 9.14. The molecule has 0 aliphatic heterocycles. The van der Waals surface area contributed by atoms with Gasteiger partial charge in [0.15, 0.2) is 0 Å². The highest BCUT2D eigenvalue weighted by Gasteiger charge is 2.19. The molecule has 0 saturated carbocycles. The fourth-order valence-electron chi connectivity index (χ4n) is 1.80. The lowest BCUT2D eigenvalue weighted by Gasteiger charge is -2.27. The standard InChI is InChI=1S/C14H21NO/c1-11-8-6-7-9-12(11)13(16)15(5)10-14(2,3)4/h6-9H,10H2,1-5H3. The predicted molar refractivity (Wildman–Crippen MR) is 67.6 cm³/mol. The smallest absolute Gasteiger partial charge is 0.253 e. The van der Waals surface area contributed by atoms with Crippen molar-refractivity contribution < 1.29 is 4.79 Å². The molecule has 0 saturated heterocycles. The van der Waals surface area contributed by atoms with Crippen LogP contribution in [0.2, 0.25) is 0 Å². The van der Waals surface area contributed by atoms with Gasteiger partial charge in [-0.3, -0.25) is 4.79 Å². The molecule has 0 unspecified atom stereocenters. The van der Waals surface area contributed by atoms with Crippen LogP contribution in [-0.2, 0) is 0 Å². The fraction of sp³-hybridized carbons (Fsp3) is 0.500. The predicted octanol–water partition coefficient (Wildman–Crippen LogP) is 3.11. The zero-order chi connectivity index (χ0) is 12.3. The van der Waals surface area contributed by atoms with E-state index in [4.69, 9.17) is 0 Å². The lowest BCUT2D eigenvalue weighted by atomic mass is 9.96. The highest BCUT2D eigenvalue weighted by molar-refractivity contribution is 5.95. The molecule has 88 valence electrons. The van der Waals surface area contributed by atoms with Crippen LogP contribution in [0.5, 0.6) is 0 Å². The van der Waals surface area contributed by atoms with Crippen molar-refractivity contribution in [3.63, 3.8) is 0 Å². The van der Waals surface area contributed by atoms with Crippen LogP contribution < -0.4 is 0 Å². The van der Waals surface area contributed by atoms with E-state index in [2.05, 4.69) is 20.8 Å². The lowest BCUT2D eigenvalue weighted by Crippen LogP contribution is -2.34. The quantitative estimate of drug-likeness (QED) is 0.748. The number of hydrogen-bond acceptors (Lipinski definition) is 1. The summed E-state index contributed by atoms with van der Waals surface area (Å²) in [6.07, 6.45) is 0. The van der Waals surface area contributed by atoms with Crippen molar-refractivity contribution in [1.29, 1.82) is 0 Å². The zero-order valence-electron chi connectivity index (χ0n) is 10.9. The van der Waals surface area contributed by atoms with E-state index in [1.54, 1.807) is 4.90 Å². The van der Waals surface area contributed by atoms with E-state index >= 15 is 0 Å². The fourth-order valence-corrected chi connectivity index (χ4v) is 1.80. The highest BCUT2D eigenvalue weighted by Crippen LogP contribution is 2.17. The number of hydrogen-bond donors (Lipinski definition) is 0. The molecule has 1 aromatic carbocycles. The second-order valence-electron chi connectivity index (χ2n) is 5.54. The first-order valence-corrected chi connectivity index (χ1v) is 5.62. The van der Waals surface area contributed by atoms with Gasteiger partial charge in [0, 0.05) is 19.2 Å². The van der Waals surface area contributed by atoms with Crippen LogP contribution >= 0.6 is 0 Å². The third-order valence-corrected chi connectivity index (χ3v) is 2.43. The first kappa shape index (κ1) is 12.8. The van der Waals surface area contributed by atoms with Crippen LogP contribution in [0, 0.1) is 12.3 Å². The van der Waals surface area contributed by atoms with Crippen molar-refractivity contribution in [1.82, 2.24) is 4.90 Å². The van der Waals surface area contributed by atoms with Gasteiger partial charge in [-0.1, -0.05) is 39.0 Å². The number of carbonyl (C=O) groups is 1. The number of amides is 1. The molecule has 0 aliphatic rings. The van der Waals surface area contributed by atoms with Crippen LogP contribution in [0.15, 0.2) is 24.3 Å². The third kappa shape index (κ3) is 3.37. The second-order valence-corrected chi connectivity index (χ2v) is 5.54. The van der Waals surface area contributed by atoms with E-state index in [1.807, 2.05) is 38.2 Å². The Bertz CT molecular complexity index is 377. The Morgan fingerprint density at radius 1 is 1.25 bits per heavy atom. The van der Waals surface area contributed by atoms with Gasteiger partial charge >= 0.3 is 0 Å². The van der Waals surface area contributed by atoms with Crippen molar-refractivity contribution in [2.75, 3.05) is 13.6 Å². The summed E-state index contributed by atoms with van der Waals surface area (Å²) in [5.74, 6) is 0.105. The molecule has 1 rings (SSSR count). The Labute approximate surface area is 98.3 Å². The summed E-state index contributed by atoms with van der Waals surface area (Å²) in [5.41, 5.74) is 1.97. The van der Waals surface area contributed by atoms with Gasteiger partial charge in [-0.25, -0.2) is 0 Å². The van der Waals surface area contributed by atoms with Crippen molar-refractivity contribution in [2.45, 2.75) is 27.7 Å². The van der Waals surface area contributed by atoms with E-state index in [1.165, 1.54) is 0 Å². The minimum absolute atomic E-state index is 0.105. The SMILES string of the molecule is Cc1ccccc1C(=O)N(C)CC(C)(C)C. The summed E-state index contributed by atoms with van der Waals surface area (Å²) in [4.78, 5) is 14.0. The lowest BCUT2D eigenvalue weighted by molar-refractivity contribution is 0.0745. The van der Waals surface area contributed by atoms with Crippen molar-refractivity contribution in [3.05, 3.63) is 35.4 Å². The molecule has 1 aromatic rings. The summed E-state index contributed by atoms with van der Waals surface area (Å²) < 4.78 is 0. The Hall–Kier alpha value is -1.31. The highest BCUT2D eigenvalue weighted by atomic mass is 16.2. The van der Waals surface area contributed by atoms with Crippen LogP contribution in [0.25, 0.3) is 0 Å². The van der Waals surface area contributed by atoms with Crippen molar-refractivity contribution >= 4 is 5.91 Å². The summed E-state index contributed by atoms with van der Waals surface area (Å²) in [7, 11) is 1.86. The monoisotopic (exact) mass is 219 g/mol.